The lowest BCUT2D eigenvalue weighted by Crippen LogP contribution is -2.40. The highest BCUT2D eigenvalue weighted by molar-refractivity contribution is 5.93. The third kappa shape index (κ3) is 2.59. The van der Waals surface area contributed by atoms with Crippen molar-refractivity contribution in [3.8, 4) is 0 Å². The second kappa shape index (κ2) is 4.89. The minimum Gasteiger partial charge on any atom is -0.378 e. The van der Waals surface area contributed by atoms with Crippen LogP contribution in [0.5, 0.6) is 0 Å². The van der Waals surface area contributed by atoms with Crippen molar-refractivity contribution in [2.75, 3.05) is 31.6 Å². The van der Waals surface area contributed by atoms with Gasteiger partial charge in [0.25, 0.3) is 5.91 Å². The molecule has 0 atom stereocenters. The van der Waals surface area contributed by atoms with E-state index in [2.05, 4.69) is 15.3 Å². The summed E-state index contributed by atoms with van der Waals surface area (Å²) in [7, 11) is 0. The fourth-order valence-electron chi connectivity index (χ4n) is 1.87. The average molecular weight is 248 g/mol. The van der Waals surface area contributed by atoms with Gasteiger partial charge in [-0.05, 0) is 12.8 Å². The SMILES string of the molecule is O=C(c1cnc(NC2CC2)nc1)N1CCOCC1. The van der Waals surface area contributed by atoms with E-state index in [0.29, 0.717) is 43.9 Å². The Morgan fingerprint density at radius 2 is 1.94 bits per heavy atom. The Balaban J connectivity index is 1.65. The van der Waals surface area contributed by atoms with E-state index in [9.17, 15) is 4.79 Å². The van der Waals surface area contributed by atoms with Crippen molar-refractivity contribution >= 4 is 11.9 Å². The van der Waals surface area contributed by atoms with Gasteiger partial charge in [0.1, 0.15) is 0 Å². The highest BCUT2D eigenvalue weighted by Crippen LogP contribution is 2.22. The molecule has 1 saturated heterocycles. The first-order valence-corrected chi connectivity index (χ1v) is 6.28. The molecule has 2 aliphatic rings. The molecule has 0 spiro atoms. The molecule has 1 aromatic rings. The third-order valence-electron chi connectivity index (χ3n) is 3.11. The number of carbonyl (C=O) groups is 1. The van der Waals surface area contributed by atoms with E-state index in [0.717, 1.165) is 0 Å². The van der Waals surface area contributed by atoms with Gasteiger partial charge in [0.05, 0.1) is 18.8 Å². The molecule has 1 aliphatic heterocycles. The van der Waals surface area contributed by atoms with Crippen LogP contribution in [0.1, 0.15) is 23.2 Å². The highest BCUT2D eigenvalue weighted by Gasteiger charge is 2.22. The monoisotopic (exact) mass is 248 g/mol. The predicted molar refractivity (Wildman–Crippen MR) is 65.4 cm³/mol. The number of nitrogens with one attached hydrogen (secondary N) is 1. The minimum absolute atomic E-state index is 0.0173. The first-order chi connectivity index (χ1) is 8.83. The van der Waals surface area contributed by atoms with Gasteiger partial charge >= 0.3 is 0 Å². The van der Waals surface area contributed by atoms with Crippen LogP contribution in [0.2, 0.25) is 0 Å². The zero-order chi connectivity index (χ0) is 12.4. The van der Waals surface area contributed by atoms with Gasteiger partial charge in [-0.2, -0.15) is 0 Å². The zero-order valence-corrected chi connectivity index (χ0v) is 10.1. The summed E-state index contributed by atoms with van der Waals surface area (Å²) in [5.74, 6) is 0.590. The van der Waals surface area contributed by atoms with Gasteiger partial charge in [-0.15, -0.1) is 0 Å². The number of ether oxygens (including phenoxy) is 1. The van der Waals surface area contributed by atoms with Gasteiger partial charge in [0, 0.05) is 31.5 Å². The molecule has 1 amide bonds. The number of hydrogen-bond acceptors (Lipinski definition) is 5. The maximum atomic E-state index is 12.1. The summed E-state index contributed by atoms with van der Waals surface area (Å²) in [4.78, 5) is 22.2. The molecule has 6 heteroatoms. The first-order valence-electron chi connectivity index (χ1n) is 6.28. The second-order valence-electron chi connectivity index (χ2n) is 4.62. The molecule has 0 aromatic carbocycles. The summed E-state index contributed by atoms with van der Waals surface area (Å²) in [5, 5.41) is 3.19. The first kappa shape index (κ1) is 11.4. The molecular weight excluding hydrogens is 232 g/mol. The fourth-order valence-corrected chi connectivity index (χ4v) is 1.87. The molecule has 96 valence electrons. The molecule has 1 N–H and O–H groups in total. The molecule has 6 nitrogen and oxygen atoms in total. The fraction of sp³-hybridized carbons (Fsp3) is 0.583. The number of anilines is 1. The molecule has 18 heavy (non-hydrogen) atoms. The van der Waals surface area contributed by atoms with Gasteiger partial charge in [-0.25, -0.2) is 9.97 Å². The van der Waals surface area contributed by atoms with E-state index in [1.54, 1.807) is 17.3 Å². The van der Waals surface area contributed by atoms with Crippen molar-refractivity contribution in [2.24, 2.45) is 0 Å². The summed E-state index contributed by atoms with van der Waals surface area (Å²) in [5.41, 5.74) is 0.540. The number of amides is 1. The van der Waals surface area contributed by atoms with Crippen LogP contribution in [0.15, 0.2) is 12.4 Å². The second-order valence-corrected chi connectivity index (χ2v) is 4.62. The Bertz CT molecular complexity index is 424. The smallest absolute Gasteiger partial charge is 0.257 e. The van der Waals surface area contributed by atoms with E-state index in [-0.39, 0.29) is 5.91 Å². The molecule has 0 unspecified atom stereocenters. The Hall–Kier alpha value is -1.69. The van der Waals surface area contributed by atoms with Crippen LogP contribution in [0.25, 0.3) is 0 Å². The molecule has 2 heterocycles. The zero-order valence-electron chi connectivity index (χ0n) is 10.1. The summed E-state index contributed by atoms with van der Waals surface area (Å²) < 4.78 is 5.22. The van der Waals surface area contributed by atoms with Crippen molar-refractivity contribution in [3.63, 3.8) is 0 Å². The van der Waals surface area contributed by atoms with E-state index in [1.807, 2.05) is 0 Å². The van der Waals surface area contributed by atoms with Crippen molar-refractivity contribution < 1.29 is 9.53 Å². The average Bonchev–Trinajstić information content (AvgIpc) is 3.24. The van der Waals surface area contributed by atoms with Crippen molar-refractivity contribution in [2.45, 2.75) is 18.9 Å². The van der Waals surface area contributed by atoms with Crippen LogP contribution < -0.4 is 5.32 Å². The normalized spacial score (nSPS) is 19.7. The van der Waals surface area contributed by atoms with Crippen LogP contribution in [-0.2, 0) is 4.74 Å². The van der Waals surface area contributed by atoms with Crippen LogP contribution >= 0.6 is 0 Å². The van der Waals surface area contributed by atoms with Crippen LogP contribution in [0, 0.1) is 0 Å². The lowest BCUT2D eigenvalue weighted by atomic mass is 10.3. The molecule has 1 aliphatic carbocycles. The molecule has 3 rings (SSSR count). The molecule has 2 fully saturated rings. The number of carbonyl (C=O) groups excluding carboxylic acids is 1. The van der Waals surface area contributed by atoms with Gasteiger partial charge < -0.3 is 15.0 Å². The number of nitrogens with zero attached hydrogens (tertiary/aromatic N) is 3. The standard InChI is InChI=1S/C12H16N4O2/c17-11(16-3-5-18-6-4-16)9-7-13-12(14-8-9)15-10-1-2-10/h7-8,10H,1-6H2,(H,13,14,15). The molecular formula is C12H16N4O2. The number of aromatic nitrogens is 2. The minimum atomic E-state index is -0.0173. The third-order valence-corrected chi connectivity index (χ3v) is 3.11. The Morgan fingerprint density at radius 1 is 1.28 bits per heavy atom. The molecule has 1 aromatic heterocycles. The summed E-state index contributed by atoms with van der Waals surface area (Å²) >= 11 is 0. The predicted octanol–water partition coefficient (Wildman–Crippen LogP) is 0.523. The van der Waals surface area contributed by atoms with Crippen LogP contribution in [-0.4, -0.2) is 53.1 Å². The van der Waals surface area contributed by atoms with Gasteiger partial charge in [0.2, 0.25) is 5.95 Å². The molecule has 1 saturated carbocycles. The largest absolute Gasteiger partial charge is 0.378 e. The highest BCUT2D eigenvalue weighted by atomic mass is 16.5. The number of hydrogen-bond donors (Lipinski definition) is 1. The maximum Gasteiger partial charge on any atom is 0.257 e. The summed E-state index contributed by atoms with van der Waals surface area (Å²) in [6.45, 7) is 2.49. The topological polar surface area (TPSA) is 67.4 Å². The van der Waals surface area contributed by atoms with Crippen LogP contribution in [0.4, 0.5) is 5.95 Å². The number of rotatable bonds is 3. The quantitative estimate of drug-likeness (QED) is 0.844. The molecule has 0 radical (unpaired) electrons. The van der Waals surface area contributed by atoms with Crippen molar-refractivity contribution in [1.29, 1.82) is 0 Å². The summed E-state index contributed by atoms with van der Waals surface area (Å²) in [6, 6.07) is 0.519. The lowest BCUT2D eigenvalue weighted by molar-refractivity contribution is 0.0302. The van der Waals surface area contributed by atoms with E-state index in [4.69, 9.17) is 4.74 Å². The van der Waals surface area contributed by atoms with Crippen molar-refractivity contribution in [3.05, 3.63) is 18.0 Å². The Labute approximate surface area is 105 Å². The van der Waals surface area contributed by atoms with Gasteiger partial charge in [0.15, 0.2) is 0 Å². The summed E-state index contributed by atoms with van der Waals surface area (Å²) in [6.07, 6.45) is 5.54. The van der Waals surface area contributed by atoms with Crippen molar-refractivity contribution in [1.82, 2.24) is 14.9 Å². The lowest BCUT2D eigenvalue weighted by Gasteiger charge is -2.26. The Morgan fingerprint density at radius 3 is 2.56 bits per heavy atom. The maximum absolute atomic E-state index is 12.1. The molecule has 0 bridgehead atoms. The van der Waals surface area contributed by atoms with Gasteiger partial charge in [-0.3, -0.25) is 4.79 Å². The van der Waals surface area contributed by atoms with E-state index < -0.39 is 0 Å². The van der Waals surface area contributed by atoms with E-state index >= 15 is 0 Å². The van der Waals surface area contributed by atoms with E-state index in [1.165, 1.54) is 12.8 Å². The number of morpholine rings is 1. The van der Waals surface area contributed by atoms with Gasteiger partial charge in [-0.1, -0.05) is 0 Å². The Kier molecular flexibility index (Phi) is 3.10. The van der Waals surface area contributed by atoms with Crippen LogP contribution in [0.3, 0.4) is 0 Å².